The Morgan fingerprint density at radius 1 is 0.750 bits per heavy atom. The minimum atomic E-state index is -0.988. The Labute approximate surface area is 554 Å². The molecular weight excluding hydrogens is 1220 g/mol. The van der Waals surface area contributed by atoms with Gasteiger partial charge in [0.2, 0.25) is 11.8 Å². The first-order chi connectivity index (χ1) is 42.6. The third kappa shape index (κ3) is 18.2. The van der Waals surface area contributed by atoms with Gasteiger partial charge in [0.05, 0.1) is 74.5 Å². The lowest BCUT2D eigenvalue weighted by Gasteiger charge is -2.29. The third-order valence-corrected chi connectivity index (χ3v) is 18.9. The van der Waals surface area contributed by atoms with Crippen LogP contribution in [0.3, 0.4) is 0 Å². The fourth-order valence-corrected chi connectivity index (χ4v) is 14.1. The van der Waals surface area contributed by atoms with Crippen LogP contribution in [0.4, 0.5) is 0 Å². The van der Waals surface area contributed by atoms with Gasteiger partial charge in [-0.05, 0) is 129 Å². The number of nitrogens with zero attached hydrogens (tertiary/aromatic N) is 4. The van der Waals surface area contributed by atoms with E-state index in [1.54, 1.807) is 75.6 Å². The van der Waals surface area contributed by atoms with Crippen molar-refractivity contribution in [2.45, 2.75) is 219 Å². The summed E-state index contributed by atoms with van der Waals surface area (Å²) in [5.74, 6) is -4.37. The Balaban J connectivity index is 0.000000286. The van der Waals surface area contributed by atoms with E-state index in [0.717, 1.165) is 62.5 Å². The fourth-order valence-electron chi connectivity index (χ4n) is 13.7. The minimum Gasteiger partial charge on any atom is -0.469 e. The number of Topliss-reactive ketones (excluding diaryl/α,β-unsaturated/α-hetero) is 2. The smallest absolute Gasteiger partial charge is 0.312 e. The topological polar surface area (TPSA) is 223 Å². The molecule has 2 spiro atoms. The summed E-state index contributed by atoms with van der Waals surface area (Å²) in [5, 5.41) is 9.88. The highest BCUT2D eigenvalue weighted by atomic mass is 35.5. The number of amides is 2. The standard InChI is InChI=1S/C36H47ClN2O7.C34H43ClN2O7.2CH4/c1-7-9-10-11-12-14-25(18-31(41)45-34(3,4)5)32(42)39-23-35(20-28(38-46-35)24-15-13-16-27(37)17-24)21-29(39)30(40)22-36(33(43)44-6)19-26(36)8-2;1-32(2,3)43-29(39)16-23-11-8-6-5-7-9-13-24-17-34(24,31(41)42-4)20-28(38)27-19-33(21-37(27)30(23)40)18-26(36-44-33)22-12-10-14-25(35)15-22;;/h7-8,13,15-17,25-26,29H,1-2,9-12,14,18-23H2,3-6H3;9-10,12-15,23-24,27H,5-8,11,16-21H2,1-4H3;2*1H4/b;13-9-;;/t25-,26-,29+,35-,36-;23-,24-,27+,33-,34-;;/m11../s1. The lowest BCUT2D eigenvalue weighted by Crippen LogP contribution is -2.46. The molecule has 0 aromatic heterocycles. The summed E-state index contributed by atoms with van der Waals surface area (Å²) < 4.78 is 21.4. The van der Waals surface area contributed by atoms with Gasteiger partial charge in [0.1, 0.15) is 11.2 Å². The van der Waals surface area contributed by atoms with Crippen LogP contribution in [0.5, 0.6) is 0 Å². The highest BCUT2D eigenvalue weighted by Gasteiger charge is 2.64. The number of allylic oxidation sites excluding steroid dienone is 4. The maximum Gasteiger partial charge on any atom is 0.312 e. The van der Waals surface area contributed by atoms with E-state index < -0.39 is 81.0 Å². The summed E-state index contributed by atoms with van der Waals surface area (Å²) in [6.07, 6.45) is 17.4. The number of methoxy groups -OCH3 is 2. The molecule has 18 nitrogen and oxygen atoms in total. The van der Waals surface area contributed by atoms with Crippen molar-refractivity contribution in [2.24, 2.45) is 44.8 Å². The number of halogens is 2. The molecule has 0 unspecified atom stereocenters. The lowest BCUT2D eigenvalue weighted by atomic mass is 9.87. The Bertz CT molecular complexity index is 3170. The predicted octanol–water partition coefficient (Wildman–Crippen LogP) is 13.7. The number of fused-ring (bicyclic) bond motifs is 2. The number of hydrogen-bond donors (Lipinski definition) is 0. The van der Waals surface area contributed by atoms with Gasteiger partial charge in [-0.2, -0.15) is 0 Å². The molecule has 92 heavy (non-hydrogen) atoms. The van der Waals surface area contributed by atoms with Crippen molar-refractivity contribution in [3.8, 4) is 0 Å². The monoisotopic (exact) mass is 1310 g/mol. The van der Waals surface area contributed by atoms with E-state index in [2.05, 4.69) is 29.5 Å². The van der Waals surface area contributed by atoms with E-state index in [-0.39, 0.29) is 102 Å². The number of oxime groups is 2. The molecule has 5 heterocycles. The maximum absolute atomic E-state index is 14.4. The van der Waals surface area contributed by atoms with Crippen molar-refractivity contribution in [1.29, 1.82) is 0 Å². The number of likely N-dealkylation sites (tertiary alicyclic amines) is 1. The molecule has 2 aliphatic carbocycles. The summed E-state index contributed by atoms with van der Waals surface area (Å²) in [4.78, 5) is 124. The molecule has 0 radical (unpaired) electrons. The van der Waals surface area contributed by atoms with Crippen LogP contribution in [0.15, 0.2) is 96.3 Å². The molecule has 10 atom stereocenters. The predicted molar refractivity (Wildman–Crippen MR) is 355 cm³/mol. The Kier molecular flexibility index (Phi) is 25.1. The van der Waals surface area contributed by atoms with Gasteiger partial charge in [-0.3, -0.25) is 38.4 Å². The van der Waals surface area contributed by atoms with Crippen LogP contribution >= 0.6 is 23.2 Å². The highest BCUT2D eigenvalue weighted by Crippen LogP contribution is 2.59. The summed E-state index contributed by atoms with van der Waals surface area (Å²) in [5.41, 5.74) is -2.16. The molecule has 504 valence electrons. The minimum absolute atomic E-state index is 0. The molecule has 5 aliphatic heterocycles. The molecule has 7 aliphatic rings. The zero-order valence-electron chi connectivity index (χ0n) is 53.6. The largest absolute Gasteiger partial charge is 0.469 e. The van der Waals surface area contributed by atoms with Crippen LogP contribution in [-0.2, 0) is 67.0 Å². The summed E-state index contributed by atoms with van der Waals surface area (Å²) in [7, 11) is 2.66. The normalized spacial score (nSPS) is 28.0. The van der Waals surface area contributed by atoms with Gasteiger partial charge in [0, 0.05) is 71.5 Å². The van der Waals surface area contributed by atoms with E-state index >= 15 is 0 Å². The molecule has 9 rings (SSSR count). The zero-order valence-corrected chi connectivity index (χ0v) is 55.1. The second kappa shape index (κ2) is 31.1. The van der Waals surface area contributed by atoms with E-state index in [1.807, 2.05) is 42.5 Å². The molecular formula is C72H98Cl2N4O14. The molecule has 0 bridgehead atoms. The van der Waals surface area contributed by atoms with E-state index in [1.165, 1.54) is 14.2 Å². The number of benzene rings is 2. The molecule has 0 N–H and O–H groups in total. The van der Waals surface area contributed by atoms with Crippen LogP contribution in [0.1, 0.15) is 196 Å². The summed E-state index contributed by atoms with van der Waals surface area (Å²) in [6, 6.07) is 12.9. The number of rotatable bonds is 19. The number of carbonyl (C=O) groups excluding carboxylic acids is 8. The Morgan fingerprint density at radius 2 is 1.36 bits per heavy atom. The number of carbonyl (C=O) groups is 8. The van der Waals surface area contributed by atoms with Gasteiger partial charge < -0.3 is 38.4 Å². The van der Waals surface area contributed by atoms with Crippen molar-refractivity contribution in [3.63, 3.8) is 0 Å². The third-order valence-electron chi connectivity index (χ3n) is 18.4. The zero-order chi connectivity index (χ0) is 65.4. The van der Waals surface area contributed by atoms with Crippen LogP contribution < -0.4 is 0 Å². The van der Waals surface area contributed by atoms with Gasteiger partial charge >= 0.3 is 23.9 Å². The van der Waals surface area contributed by atoms with Crippen molar-refractivity contribution in [1.82, 2.24) is 9.80 Å². The average molecular weight is 1310 g/mol. The van der Waals surface area contributed by atoms with Crippen molar-refractivity contribution < 1.29 is 67.0 Å². The maximum atomic E-state index is 14.4. The quantitative estimate of drug-likeness (QED) is 0.0552. The molecule has 2 aromatic rings. The number of ether oxygens (including phenoxy) is 4. The lowest BCUT2D eigenvalue weighted by molar-refractivity contribution is -0.159. The van der Waals surface area contributed by atoms with Gasteiger partial charge in [-0.15, -0.1) is 13.2 Å². The van der Waals surface area contributed by atoms with Crippen molar-refractivity contribution in [2.75, 3.05) is 27.3 Å². The first-order valence-electron chi connectivity index (χ1n) is 31.8. The van der Waals surface area contributed by atoms with Gasteiger partial charge in [0.25, 0.3) is 0 Å². The second-order valence-electron chi connectivity index (χ2n) is 27.8. The first kappa shape index (κ1) is 74.4. The van der Waals surface area contributed by atoms with Crippen molar-refractivity contribution >= 4 is 81.9 Å². The molecule has 2 amide bonds. The van der Waals surface area contributed by atoms with E-state index in [0.29, 0.717) is 60.0 Å². The van der Waals surface area contributed by atoms with Gasteiger partial charge in [-0.1, -0.05) is 123 Å². The number of unbranched alkanes of at least 4 members (excludes halogenated alkanes) is 3. The first-order valence-corrected chi connectivity index (χ1v) is 32.6. The highest BCUT2D eigenvalue weighted by molar-refractivity contribution is 6.31. The van der Waals surface area contributed by atoms with E-state index in [9.17, 15) is 38.4 Å². The molecule has 4 fully saturated rings. The summed E-state index contributed by atoms with van der Waals surface area (Å²) in [6.45, 7) is 18.6. The SMILES string of the molecule is C.C.C=CCCCCC[C@H](CC(=O)OC(C)(C)C)C(=O)N1C[C@@]2(CC(c3cccc(Cl)c3)=NO2)C[C@H]1C(=O)C[C@]1(C(=O)OC)C[C@H]1C=C.COC(=O)[C@]12CC(=O)[C@@H]3C[C@]4(CC(c5cccc(Cl)c5)=NO4)CN3C(=O)[C@@H](CC(=O)OC(C)(C)C)CCCCC/C=C\[C@@H]1C2. The number of ketones is 2. The number of hydrogen-bond acceptors (Lipinski definition) is 16. The van der Waals surface area contributed by atoms with Gasteiger partial charge in [-0.25, -0.2) is 0 Å². The molecule has 20 heteroatoms. The molecule has 2 aromatic carbocycles. The molecule has 2 saturated carbocycles. The van der Waals surface area contributed by atoms with Gasteiger partial charge in [0.15, 0.2) is 22.8 Å². The van der Waals surface area contributed by atoms with Crippen LogP contribution in [0, 0.1) is 34.5 Å². The molecule has 2 saturated heterocycles. The fraction of sp³-hybridized carbons (Fsp3) is 0.611. The Hall–Kier alpha value is -6.66. The van der Waals surface area contributed by atoms with Crippen LogP contribution in [0.25, 0.3) is 0 Å². The summed E-state index contributed by atoms with van der Waals surface area (Å²) >= 11 is 12.5. The average Bonchev–Trinajstić information content (AvgIpc) is 1.59. The van der Waals surface area contributed by atoms with Crippen molar-refractivity contribution in [3.05, 3.63) is 107 Å². The second-order valence-corrected chi connectivity index (χ2v) is 28.7. The van der Waals surface area contributed by atoms with Crippen LogP contribution in [0.2, 0.25) is 10.0 Å². The van der Waals surface area contributed by atoms with Crippen LogP contribution in [-0.4, -0.2) is 130 Å². The van der Waals surface area contributed by atoms with E-state index in [4.69, 9.17) is 51.8 Å². The number of esters is 4. The Morgan fingerprint density at radius 3 is 1.92 bits per heavy atom.